The van der Waals surface area contributed by atoms with Gasteiger partial charge in [0.15, 0.2) is 11.5 Å². The topological polar surface area (TPSA) is 62.2 Å². The van der Waals surface area contributed by atoms with Gasteiger partial charge in [-0.2, -0.15) is 0 Å². The third kappa shape index (κ3) is 2.05. The number of aliphatic hydroxyl groups is 1. The Balaban J connectivity index is 1.85. The Labute approximate surface area is 180 Å². The molecule has 5 aliphatic rings. The van der Waals surface area contributed by atoms with E-state index in [4.69, 9.17) is 9.47 Å². The zero-order valence-corrected chi connectivity index (χ0v) is 19.3. The largest absolute Gasteiger partial charge is 0.504 e. The van der Waals surface area contributed by atoms with Crippen molar-refractivity contribution in [3.63, 3.8) is 0 Å². The summed E-state index contributed by atoms with van der Waals surface area (Å²) in [5.41, 5.74) is 0.866. The second kappa shape index (κ2) is 6.14. The third-order valence-electron chi connectivity index (χ3n) is 9.68. The van der Waals surface area contributed by atoms with Crippen molar-refractivity contribution in [2.75, 3.05) is 20.7 Å². The van der Waals surface area contributed by atoms with Crippen molar-refractivity contribution in [2.45, 2.75) is 88.6 Å². The molecule has 1 unspecified atom stereocenters. The molecule has 1 aliphatic heterocycles. The number of rotatable bonds is 5. The van der Waals surface area contributed by atoms with Crippen molar-refractivity contribution < 1.29 is 19.7 Å². The van der Waals surface area contributed by atoms with Crippen LogP contribution in [0.4, 0.5) is 0 Å². The average Bonchev–Trinajstić information content (AvgIpc) is 3.12. The fraction of sp³-hybridized carbons (Fsp3) is 0.760. The molecule has 30 heavy (non-hydrogen) atoms. The van der Waals surface area contributed by atoms with E-state index in [-0.39, 0.29) is 28.6 Å². The van der Waals surface area contributed by atoms with Crippen LogP contribution in [0.3, 0.4) is 0 Å². The van der Waals surface area contributed by atoms with Crippen molar-refractivity contribution in [3.05, 3.63) is 23.3 Å². The summed E-state index contributed by atoms with van der Waals surface area (Å²) >= 11 is 0. The summed E-state index contributed by atoms with van der Waals surface area (Å²) in [5, 5.41) is 22.1. The van der Waals surface area contributed by atoms with Crippen LogP contribution in [0.5, 0.6) is 11.5 Å². The Morgan fingerprint density at radius 3 is 2.60 bits per heavy atom. The standard InChI is InChI=1S/C25H37NO4/c1-7-24-19-15-9-10-16(27)20(19)30-21(24)25(29-6)12-11-23(24,14-17(25)22(3,4)28)18(13-15)26(5)8-2/h9-10,17-18,21,27-28H,7-8,11-14H2,1-6H3/t17-,18-,21-,23-,24+,25?/m1/s1. The number of phenols is 1. The van der Waals surface area contributed by atoms with Crippen LogP contribution in [0.25, 0.3) is 0 Å². The normalized spacial score (nSPS) is 41.1. The molecule has 3 saturated carbocycles. The Bertz CT molecular complexity index is 879. The summed E-state index contributed by atoms with van der Waals surface area (Å²) in [6.07, 6.45) is 4.56. The van der Waals surface area contributed by atoms with Gasteiger partial charge in [-0.1, -0.05) is 19.9 Å². The second-order valence-electron chi connectivity index (χ2n) is 10.8. The molecule has 1 aromatic rings. The minimum absolute atomic E-state index is 0.0197. The van der Waals surface area contributed by atoms with Crippen molar-refractivity contribution in [1.82, 2.24) is 4.90 Å². The van der Waals surface area contributed by atoms with Gasteiger partial charge >= 0.3 is 0 Å². The Hall–Kier alpha value is -1.30. The maximum atomic E-state index is 11.3. The molecule has 0 amide bonds. The molecule has 166 valence electrons. The Morgan fingerprint density at radius 1 is 1.27 bits per heavy atom. The van der Waals surface area contributed by atoms with Crippen LogP contribution < -0.4 is 4.74 Å². The van der Waals surface area contributed by atoms with Gasteiger partial charge in [0.1, 0.15) is 11.7 Å². The first-order valence-corrected chi connectivity index (χ1v) is 11.6. The van der Waals surface area contributed by atoms with Crippen molar-refractivity contribution in [1.29, 1.82) is 0 Å². The van der Waals surface area contributed by atoms with E-state index in [2.05, 4.69) is 31.9 Å². The minimum Gasteiger partial charge on any atom is -0.504 e. The molecule has 4 aliphatic carbocycles. The molecule has 2 N–H and O–H groups in total. The highest BCUT2D eigenvalue weighted by Gasteiger charge is 2.80. The van der Waals surface area contributed by atoms with Crippen LogP contribution >= 0.6 is 0 Å². The molecule has 0 aromatic heterocycles. The van der Waals surface area contributed by atoms with E-state index in [1.165, 1.54) is 11.1 Å². The SMILES string of the molecule is CCN(C)[C@@H]1Cc2ccc(O)c3c2[C@@]2(CC)[C@@H](O3)C3(OC)CC[C@@]12C[C@@H]3C(C)(C)O. The molecule has 6 atom stereocenters. The summed E-state index contributed by atoms with van der Waals surface area (Å²) in [7, 11) is 4.03. The summed E-state index contributed by atoms with van der Waals surface area (Å²) < 4.78 is 13.1. The smallest absolute Gasteiger partial charge is 0.165 e. The highest BCUT2D eigenvalue weighted by molar-refractivity contribution is 5.62. The molecule has 3 fully saturated rings. The highest BCUT2D eigenvalue weighted by atomic mass is 16.6. The van der Waals surface area contributed by atoms with Gasteiger partial charge in [-0.05, 0) is 71.2 Å². The number of phenolic OH excluding ortho intramolecular Hbond substituents is 1. The van der Waals surface area contributed by atoms with Crippen molar-refractivity contribution in [3.8, 4) is 11.5 Å². The van der Waals surface area contributed by atoms with Crippen LogP contribution in [-0.4, -0.2) is 59.2 Å². The third-order valence-corrected chi connectivity index (χ3v) is 9.68. The molecular formula is C25H37NO4. The quantitative estimate of drug-likeness (QED) is 0.769. The summed E-state index contributed by atoms with van der Waals surface area (Å²) in [6, 6.07) is 4.28. The molecule has 1 heterocycles. The predicted octanol–water partition coefficient (Wildman–Crippen LogP) is 3.63. The van der Waals surface area contributed by atoms with Crippen LogP contribution in [0.2, 0.25) is 0 Å². The van der Waals surface area contributed by atoms with Gasteiger partial charge in [-0.25, -0.2) is 0 Å². The van der Waals surface area contributed by atoms with Crippen molar-refractivity contribution in [2.24, 2.45) is 11.3 Å². The summed E-state index contributed by atoms with van der Waals surface area (Å²) in [6.45, 7) is 9.35. The van der Waals surface area contributed by atoms with E-state index in [0.717, 1.165) is 38.6 Å². The van der Waals surface area contributed by atoms with Gasteiger partial charge in [0.2, 0.25) is 0 Å². The fourth-order valence-corrected chi connectivity index (χ4v) is 8.43. The maximum Gasteiger partial charge on any atom is 0.165 e. The zero-order valence-electron chi connectivity index (χ0n) is 19.3. The molecule has 1 aromatic carbocycles. The van der Waals surface area contributed by atoms with Gasteiger partial charge in [0.25, 0.3) is 0 Å². The van der Waals surface area contributed by atoms with Crippen molar-refractivity contribution >= 4 is 0 Å². The lowest BCUT2D eigenvalue weighted by molar-refractivity contribution is -0.289. The van der Waals surface area contributed by atoms with Crippen LogP contribution in [0.15, 0.2) is 12.1 Å². The number of aromatic hydroxyl groups is 1. The Morgan fingerprint density at radius 2 is 2.00 bits per heavy atom. The lowest BCUT2D eigenvalue weighted by Crippen LogP contribution is -2.80. The van der Waals surface area contributed by atoms with Gasteiger partial charge in [0.05, 0.1) is 5.60 Å². The van der Waals surface area contributed by atoms with Gasteiger partial charge in [-0.15, -0.1) is 0 Å². The number of nitrogens with zero attached hydrogens (tertiary/aromatic N) is 1. The van der Waals surface area contributed by atoms with E-state index in [0.29, 0.717) is 11.8 Å². The van der Waals surface area contributed by atoms with Crippen LogP contribution in [-0.2, 0) is 16.6 Å². The monoisotopic (exact) mass is 415 g/mol. The van der Waals surface area contributed by atoms with E-state index < -0.39 is 11.2 Å². The molecule has 0 saturated heterocycles. The molecule has 5 heteroatoms. The van der Waals surface area contributed by atoms with E-state index in [9.17, 15) is 10.2 Å². The van der Waals surface area contributed by atoms with Gasteiger partial charge in [0, 0.05) is 35.5 Å². The predicted molar refractivity (Wildman–Crippen MR) is 116 cm³/mol. The number of hydrogen-bond donors (Lipinski definition) is 2. The fourth-order valence-electron chi connectivity index (χ4n) is 8.43. The molecule has 2 bridgehead atoms. The molecule has 6 rings (SSSR count). The lowest BCUT2D eigenvalue weighted by atomic mass is 9.35. The summed E-state index contributed by atoms with van der Waals surface area (Å²) in [5.74, 6) is 0.874. The van der Waals surface area contributed by atoms with E-state index in [1.54, 1.807) is 13.2 Å². The minimum atomic E-state index is -0.876. The van der Waals surface area contributed by atoms with E-state index >= 15 is 0 Å². The van der Waals surface area contributed by atoms with Crippen LogP contribution in [0.1, 0.15) is 64.5 Å². The number of fused-ring (bicyclic) bond motifs is 2. The van der Waals surface area contributed by atoms with Gasteiger partial charge < -0.3 is 24.6 Å². The maximum absolute atomic E-state index is 11.3. The molecular weight excluding hydrogens is 378 g/mol. The number of likely N-dealkylation sites (N-methyl/N-ethyl adjacent to an activating group) is 1. The zero-order chi connectivity index (χ0) is 21.7. The first kappa shape index (κ1) is 20.6. The van der Waals surface area contributed by atoms with Gasteiger partial charge in [-0.3, -0.25) is 0 Å². The second-order valence-corrected chi connectivity index (χ2v) is 10.8. The average molecular weight is 416 g/mol. The first-order valence-electron chi connectivity index (χ1n) is 11.6. The molecule has 0 radical (unpaired) electrons. The van der Waals surface area contributed by atoms with Crippen LogP contribution in [0, 0.1) is 11.3 Å². The molecule has 5 nitrogen and oxygen atoms in total. The summed E-state index contributed by atoms with van der Waals surface area (Å²) in [4.78, 5) is 2.51. The highest BCUT2D eigenvalue weighted by Crippen LogP contribution is 2.76. The van der Waals surface area contributed by atoms with E-state index in [1.807, 2.05) is 13.8 Å². The number of methoxy groups -OCH3 is 1. The first-order chi connectivity index (χ1) is 14.1. The number of ether oxygens (including phenoxy) is 2. The number of benzene rings is 1. The lowest BCUT2D eigenvalue weighted by Gasteiger charge is -2.72. The Kier molecular flexibility index (Phi) is 4.22. The number of hydrogen-bond acceptors (Lipinski definition) is 5. The molecule has 1 spiro atoms.